The number of piperazine rings is 1. The summed E-state index contributed by atoms with van der Waals surface area (Å²) in [5, 5.41) is 0. The molecule has 3 heterocycles. The van der Waals surface area contributed by atoms with E-state index >= 15 is 0 Å². The number of rotatable bonds is 3. The standard InChI is InChI=1S/C15H17F2N5/c1-11-9-22(15-19-6-13(16)7-20-15)5-4-21(11)10-12-2-3-18-8-14(12)17/h2-3,6-8,11H,4-5,9-10H2,1H3. The molecule has 0 N–H and O–H groups in total. The smallest absolute Gasteiger partial charge is 0.225 e. The maximum absolute atomic E-state index is 13.7. The van der Waals surface area contributed by atoms with Crippen LogP contribution in [0.1, 0.15) is 12.5 Å². The minimum atomic E-state index is -0.441. The highest BCUT2D eigenvalue weighted by Crippen LogP contribution is 2.18. The Morgan fingerprint density at radius 3 is 2.64 bits per heavy atom. The van der Waals surface area contributed by atoms with Gasteiger partial charge in [0.1, 0.15) is 5.82 Å². The lowest BCUT2D eigenvalue weighted by atomic mass is 10.1. The molecule has 0 aromatic carbocycles. The minimum Gasteiger partial charge on any atom is -0.338 e. The summed E-state index contributed by atoms with van der Waals surface area (Å²) in [6, 6.07) is 1.92. The molecule has 2 aromatic heterocycles. The molecule has 0 spiro atoms. The number of halogens is 2. The lowest BCUT2D eigenvalue weighted by molar-refractivity contribution is 0.178. The van der Waals surface area contributed by atoms with Crippen LogP contribution in [0.3, 0.4) is 0 Å². The first-order valence-corrected chi connectivity index (χ1v) is 7.18. The fraction of sp³-hybridized carbons (Fsp3) is 0.400. The van der Waals surface area contributed by atoms with Gasteiger partial charge in [0.25, 0.3) is 0 Å². The quantitative estimate of drug-likeness (QED) is 0.866. The molecule has 1 fully saturated rings. The summed E-state index contributed by atoms with van der Waals surface area (Å²) in [5.41, 5.74) is 0.647. The minimum absolute atomic E-state index is 0.218. The van der Waals surface area contributed by atoms with Gasteiger partial charge in [-0.3, -0.25) is 9.88 Å². The zero-order valence-corrected chi connectivity index (χ0v) is 12.3. The van der Waals surface area contributed by atoms with Crippen molar-refractivity contribution in [2.45, 2.75) is 19.5 Å². The first-order valence-electron chi connectivity index (χ1n) is 7.18. The third kappa shape index (κ3) is 3.19. The van der Waals surface area contributed by atoms with E-state index in [1.54, 1.807) is 12.3 Å². The van der Waals surface area contributed by atoms with Crippen LogP contribution in [0.15, 0.2) is 30.9 Å². The molecule has 22 heavy (non-hydrogen) atoms. The van der Waals surface area contributed by atoms with E-state index in [0.717, 1.165) is 19.6 Å². The maximum Gasteiger partial charge on any atom is 0.225 e. The highest BCUT2D eigenvalue weighted by Gasteiger charge is 2.25. The van der Waals surface area contributed by atoms with E-state index in [4.69, 9.17) is 0 Å². The van der Waals surface area contributed by atoms with E-state index in [2.05, 4.69) is 26.8 Å². The number of anilines is 1. The Kier molecular flexibility index (Phi) is 4.24. The fourth-order valence-corrected chi connectivity index (χ4v) is 2.63. The molecular formula is C15H17F2N5. The monoisotopic (exact) mass is 305 g/mol. The van der Waals surface area contributed by atoms with Crippen molar-refractivity contribution in [1.29, 1.82) is 0 Å². The van der Waals surface area contributed by atoms with E-state index in [1.165, 1.54) is 18.6 Å². The Morgan fingerprint density at radius 1 is 1.18 bits per heavy atom. The van der Waals surface area contributed by atoms with Gasteiger partial charge in [-0.05, 0) is 13.0 Å². The molecule has 0 bridgehead atoms. The van der Waals surface area contributed by atoms with Crippen molar-refractivity contribution in [1.82, 2.24) is 19.9 Å². The second-order valence-electron chi connectivity index (χ2n) is 5.43. The van der Waals surface area contributed by atoms with Gasteiger partial charge in [-0.25, -0.2) is 18.7 Å². The molecular weight excluding hydrogens is 288 g/mol. The Labute approximate surface area is 127 Å². The topological polar surface area (TPSA) is 45.2 Å². The number of pyridine rings is 1. The largest absolute Gasteiger partial charge is 0.338 e. The molecule has 1 aliphatic heterocycles. The van der Waals surface area contributed by atoms with Crippen molar-refractivity contribution < 1.29 is 8.78 Å². The van der Waals surface area contributed by atoms with E-state index in [0.29, 0.717) is 18.1 Å². The van der Waals surface area contributed by atoms with E-state index in [1.807, 2.05) is 4.90 Å². The lowest BCUT2D eigenvalue weighted by Crippen LogP contribution is -2.52. The zero-order valence-electron chi connectivity index (χ0n) is 12.3. The fourth-order valence-electron chi connectivity index (χ4n) is 2.63. The van der Waals surface area contributed by atoms with Crippen LogP contribution >= 0.6 is 0 Å². The summed E-state index contributed by atoms with van der Waals surface area (Å²) >= 11 is 0. The van der Waals surface area contributed by atoms with Crippen molar-refractivity contribution in [3.05, 3.63) is 48.1 Å². The normalized spacial score (nSPS) is 19.4. The van der Waals surface area contributed by atoms with Gasteiger partial charge in [-0.1, -0.05) is 0 Å². The van der Waals surface area contributed by atoms with E-state index in [-0.39, 0.29) is 11.9 Å². The molecule has 1 aliphatic rings. The third-order valence-electron chi connectivity index (χ3n) is 3.88. The summed E-state index contributed by atoms with van der Waals surface area (Å²) in [5.74, 6) is -0.189. The lowest BCUT2D eigenvalue weighted by Gasteiger charge is -2.39. The zero-order chi connectivity index (χ0) is 15.5. The summed E-state index contributed by atoms with van der Waals surface area (Å²) < 4.78 is 26.6. The molecule has 1 unspecified atom stereocenters. The number of hydrogen-bond acceptors (Lipinski definition) is 5. The van der Waals surface area contributed by atoms with Crippen molar-refractivity contribution in [2.75, 3.05) is 24.5 Å². The van der Waals surface area contributed by atoms with Gasteiger partial charge >= 0.3 is 0 Å². The summed E-state index contributed by atoms with van der Waals surface area (Å²) in [6.45, 7) is 4.84. The molecule has 0 saturated carbocycles. The summed E-state index contributed by atoms with van der Waals surface area (Å²) in [7, 11) is 0. The van der Waals surface area contributed by atoms with Crippen LogP contribution in [0.25, 0.3) is 0 Å². The second-order valence-corrected chi connectivity index (χ2v) is 5.43. The first kappa shape index (κ1) is 14.8. The second kappa shape index (κ2) is 6.31. The highest BCUT2D eigenvalue weighted by molar-refractivity contribution is 5.30. The average Bonchev–Trinajstić information content (AvgIpc) is 2.52. The average molecular weight is 305 g/mol. The van der Waals surface area contributed by atoms with Crippen LogP contribution in [0.4, 0.5) is 14.7 Å². The molecule has 0 radical (unpaired) electrons. The number of nitrogens with zero attached hydrogens (tertiary/aromatic N) is 5. The molecule has 116 valence electrons. The van der Waals surface area contributed by atoms with Gasteiger partial charge in [0.05, 0.1) is 18.6 Å². The highest BCUT2D eigenvalue weighted by atomic mass is 19.1. The Hall–Kier alpha value is -2.15. The van der Waals surface area contributed by atoms with Gasteiger partial charge in [0.2, 0.25) is 5.95 Å². The Balaban J connectivity index is 1.65. The van der Waals surface area contributed by atoms with Crippen LogP contribution in [-0.2, 0) is 6.54 Å². The molecule has 0 amide bonds. The summed E-state index contributed by atoms with van der Waals surface area (Å²) in [4.78, 5) is 16.0. The third-order valence-corrected chi connectivity index (χ3v) is 3.88. The molecule has 3 rings (SSSR count). The van der Waals surface area contributed by atoms with Crippen LogP contribution in [0.2, 0.25) is 0 Å². The van der Waals surface area contributed by atoms with Gasteiger partial charge in [0, 0.05) is 44.0 Å². The van der Waals surface area contributed by atoms with Gasteiger partial charge in [-0.2, -0.15) is 0 Å². The van der Waals surface area contributed by atoms with Crippen molar-refractivity contribution in [3.8, 4) is 0 Å². The molecule has 1 saturated heterocycles. The molecule has 2 aromatic rings. The van der Waals surface area contributed by atoms with Crippen molar-refractivity contribution >= 4 is 5.95 Å². The van der Waals surface area contributed by atoms with Crippen molar-refractivity contribution in [2.24, 2.45) is 0 Å². The summed E-state index contributed by atoms with van der Waals surface area (Å²) in [6.07, 6.45) is 5.19. The number of hydrogen-bond donors (Lipinski definition) is 0. The molecule has 0 aliphatic carbocycles. The van der Waals surface area contributed by atoms with Crippen molar-refractivity contribution in [3.63, 3.8) is 0 Å². The van der Waals surface area contributed by atoms with E-state index < -0.39 is 5.82 Å². The predicted molar refractivity (Wildman–Crippen MR) is 78.3 cm³/mol. The maximum atomic E-state index is 13.7. The Morgan fingerprint density at radius 2 is 1.95 bits per heavy atom. The first-order chi connectivity index (χ1) is 10.6. The Bertz CT molecular complexity index is 634. The molecule has 1 atom stereocenters. The SMILES string of the molecule is CC1CN(c2ncc(F)cn2)CCN1Cc1ccncc1F. The predicted octanol–water partition coefficient (Wildman–Crippen LogP) is 1.86. The van der Waals surface area contributed by atoms with Crippen LogP contribution < -0.4 is 4.90 Å². The van der Waals surface area contributed by atoms with Gasteiger partial charge in [-0.15, -0.1) is 0 Å². The van der Waals surface area contributed by atoms with Crippen LogP contribution in [0.5, 0.6) is 0 Å². The van der Waals surface area contributed by atoms with Crippen LogP contribution in [-0.4, -0.2) is 45.5 Å². The van der Waals surface area contributed by atoms with Crippen LogP contribution in [0, 0.1) is 11.6 Å². The van der Waals surface area contributed by atoms with Gasteiger partial charge < -0.3 is 4.90 Å². The van der Waals surface area contributed by atoms with E-state index in [9.17, 15) is 8.78 Å². The van der Waals surface area contributed by atoms with Gasteiger partial charge in [0.15, 0.2) is 5.82 Å². The molecule has 7 heteroatoms. The number of aromatic nitrogens is 3. The molecule has 5 nitrogen and oxygen atoms in total.